The van der Waals surface area contributed by atoms with Gasteiger partial charge in [0, 0.05) is 19.0 Å². The van der Waals surface area contributed by atoms with Gasteiger partial charge >= 0.3 is 12.4 Å². The summed E-state index contributed by atoms with van der Waals surface area (Å²) in [6.07, 6.45) is -9.70. The fourth-order valence-corrected chi connectivity index (χ4v) is 2.92. The van der Waals surface area contributed by atoms with Gasteiger partial charge in [-0.15, -0.1) is 0 Å². The molecule has 0 amide bonds. The van der Waals surface area contributed by atoms with Crippen LogP contribution in [0.1, 0.15) is 23.6 Å². The van der Waals surface area contributed by atoms with Gasteiger partial charge in [0.15, 0.2) is 0 Å². The summed E-state index contributed by atoms with van der Waals surface area (Å²) in [5.41, 5.74) is -1.84. The lowest BCUT2D eigenvalue weighted by Gasteiger charge is -2.19. The van der Waals surface area contributed by atoms with Crippen LogP contribution in [0.2, 0.25) is 0 Å². The third kappa shape index (κ3) is 5.22. The van der Waals surface area contributed by atoms with Crippen LogP contribution in [-0.4, -0.2) is 19.7 Å². The second-order valence-corrected chi connectivity index (χ2v) is 6.30. The summed E-state index contributed by atoms with van der Waals surface area (Å²) in [5.74, 6) is 0.289. The van der Waals surface area contributed by atoms with Gasteiger partial charge in [0.2, 0.25) is 0 Å². The lowest BCUT2D eigenvalue weighted by Crippen LogP contribution is -2.19. The number of nitrogens with one attached hydrogen (secondary N) is 1. The zero-order chi connectivity index (χ0) is 18.8. The molecule has 25 heavy (non-hydrogen) atoms. The normalized spacial score (nSPS) is 21.6. The van der Waals surface area contributed by atoms with Crippen molar-refractivity contribution in [2.75, 3.05) is 19.7 Å². The van der Waals surface area contributed by atoms with Crippen molar-refractivity contribution in [3.8, 4) is 0 Å². The highest BCUT2D eigenvalue weighted by atomic mass is 19.4. The van der Waals surface area contributed by atoms with Crippen LogP contribution in [0.4, 0.5) is 26.3 Å². The van der Waals surface area contributed by atoms with Crippen molar-refractivity contribution < 1.29 is 31.1 Å². The first-order chi connectivity index (χ1) is 11.5. The van der Waals surface area contributed by atoms with Crippen molar-refractivity contribution >= 4 is 0 Å². The molecule has 2 atom stereocenters. The van der Waals surface area contributed by atoms with Gasteiger partial charge in [-0.25, -0.2) is 0 Å². The molecular formula is C17H19F6NO. The smallest absolute Gasteiger partial charge is 0.376 e. The summed E-state index contributed by atoms with van der Waals surface area (Å²) in [4.78, 5) is 0. The SMILES string of the molecule is C=C(C)C1CNC[C@@H]1COCc1cc(C(F)(F)F)cc(C(F)(F)F)c1. The van der Waals surface area contributed by atoms with E-state index in [-0.39, 0.29) is 36.7 Å². The fraction of sp³-hybridized carbons (Fsp3) is 0.529. The Labute approximate surface area is 141 Å². The molecule has 1 heterocycles. The minimum atomic E-state index is -4.85. The van der Waals surface area contributed by atoms with E-state index < -0.39 is 23.5 Å². The van der Waals surface area contributed by atoms with Crippen LogP contribution in [0, 0.1) is 11.8 Å². The molecule has 1 aliphatic heterocycles. The second-order valence-electron chi connectivity index (χ2n) is 6.30. The van der Waals surface area contributed by atoms with E-state index in [9.17, 15) is 26.3 Å². The molecule has 0 aromatic heterocycles. The van der Waals surface area contributed by atoms with Crippen molar-refractivity contribution in [1.82, 2.24) is 5.32 Å². The average Bonchev–Trinajstić information content (AvgIpc) is 2.94. The molecule has 0 radical (unpaired) electrons. The largest absolute Gasteiger partial charge is 0.416 e. The number of ether oxygens (including phenoxy) is 1. The standard InChI is InChI=1S/C17H19F6NO/c1-10(2)15-7-24-6-12(15)9-25-8-11-3-13(16(18,19)20)5-14(4-11)17(21,22)23/h3-5,12,15,24H,1,6-9H2,2H3/t12-,15?/m1/s1. The first-order valence-electron chi connectivity index (χ1n) is 7.70. The Bertz CT molecular complexity index is 590. The molecule has 8 heteroatoms. The summed E-state index contributed by atoms with van der Waals surface area (Å²) >= 11 is 0. The lowest BCUT2D eigenvalue weighted by atomic mass is 9.91. The van der Waals surface area contributed by atoms with E-state index in [1.54, 1.807) is 0 Å². The van der Waals surface area contributed by atoms with Crippen molar-refractivity contribution in [2.24, 2.45) is 11.8 Å². The molecule has 1 aromatic carbocycles. The van der Waals surface area contributed by atoms with Gasteiger partial charge in [-0.2, -0.15) is 26.3 Å². The number of halogens is 6. The molecule has 1 unspecified atom stereocenters. The van der Waals surface area contributed by atoms with Gasteiger partial charge in [0.05, 0.1) is 24.3 Å². The third-order valence-electron chi connectivity index (χ3n) is 4.22. The predicted molar refractivity (Wildman–Crippen MR) is 80.8 cm³/mol. The highest BCUT2D eigenvalue weighted by molar-refractivity contribution is 5.33. The van der Waals surface area contributed by atoms with Gasteiger partial charge in [-0.1, -0.05) is 12.2 Å². The summed E-state index contributed by atoms with van der Waals surface area (Å²) < 4.78 is 82.3. The minimum absolute atomic E-state index is 0.102. The molecule has 1 aliphatic rings. The monoisotopic (exact) mass is 367 g/mol. The van der Waals surface area contributed by atoms with Crippen molar-refractivity contribution in [2.45, 2.75) is 25.9 Å². The minimum Gasteiger partial charge on any atom is -0.376 e. The summed E-state index contributed by atoms with van der Waals surface area (Å²) in [7, 11) is 0. The van der Waals surface area contributed by atoms with Gasteiger partial charge in [-0.3, -0.25) is 0 Å². The first kappa shape index (κ1) is 19.8. The van der Waals surface area contributed by atoms with Crippen LogP contribution in [0.15, 0.2) is 30.4 Å². The Morgan fingerprint density at radius 2 is 1.64 bits per heavy atom. The molecule has 0 aliphatic carbocycles. The molecule has 140 valence electrons. The maximum Gasteiger partial charge on any atom is 0.416 e. The predicted octanol–water partition coefficient (Wildman–Crippen LogP) is 4.65. The molecule has 0 saturated carbocycles. The summed E-state index contributed by atoms with van der Waals surface area (Å²) in [6.45, 7) is 7.11. The Morgan fingerprint density at radius 1 is 1.08 bits per heavy atom. The Morgan fingerprint density at radius 3 is 2.12 bits per heavy atom. The van der Waals surface area contributed by atoms with Crippen LogP contribution in [0.3, 0.4) is 0 Å². The number of alkyl halides is 6. The topological polar surface area (TPSA) is 21.3 Å². The summed E-state index contributed by atoms with van der Waals surface area (Å²) in [5, 5.41) is 3.17. The molecule has 2 rings (SSSR count). The van der Waals surface area contributed by atoms with Gasteiger partial charge in [-0.05, 0) is 36.6 Å². The number of hydrogen-bond donors (Lipinski definition) is 1. The fourth-order valence-electron chi connectivity index (χ4n) is 2.92. The van der Waals surface area contributed by atoms with E-state index in [4.69, 9.17) is 4.74 Å². The number of hydrogen-bond acceptors (Lipinski definition) is 2. The lowest BCUT2D eigenvalue weighted by molar-refractivity contribution is -0.143. The zero-order valence-corrected chi connectivity index (χ0v) is 13.6. The second kappa shape index (κ2) is 7.37. The zero-order valence-electron chi connectivity index (χ0n) is 13.6. The Hall–Kier alpha value is -1.54. The highest BCUT2D eigenvalue weighted by Crippen LogP contribution is 2.36. The Balaban J connectivity index is 2.09. The molecule has 1 fully saturated rings. The Kier molecular flexibility index (Phi) is 5.83. The van der Waals surface area contributed by atoms with Crippen molar-refractivity contribution in [3.05, 3.63) is 47.0 Å². The van der Waals surface area contributed by atoms with Crippen LogP contribution >= 0.6 is 0 Å². The van der Waals surface area contributed by atoms with Gasteiger partial charge in [0.25, 0.3) is 0 Å². The van der Waals surface area contributed by atoms with Crippen LogP contribution in [-0.2, 0) is 23.7 Å². The molecule has 0 bridgehead atoms. The van der Waals surface area contributed by atoms with E-state index in [1.165, 1.54) is 0 Å². The van der Waals surface area contributed by atoms with Gasteiger partial charge < -0.3 is 10.1 Å². The molecule has 2 nitrogen and oxygen atoms in total. The molecule has 1 saturated heterocycles. The van der Waals surface area contributed by atoms with Crippen molar-refractivity contribution in [1.29, 1.82) is 0 Å². The molecule has 1 N–H and O–H groups in total. The van der Waals surface area contributed by atoms with Gasteiger partial charge in [0.1, 0.15) is 0 Å². The van der Waals surface area contributed by atoms with E-state index >= 15 is 0 Å². The molecule has 1 aromatic rings. The van der Waals surface area contributed by atoms with Crippen LogP contribution in [0.5, 0.6) is 0 Å². The van der Waals surface area contributed by atoms with Crippen LogP contribution < -0.4 is 5.32 Å². The van der Waals surface area contributed by atoms with E-state index in [2.05, 4.69) is 11.9 Å². The van der Waals surface area contributed by atoms with Crippen molar-refractivity contribution in [3.63, 3.8) is 0 Å². The number of rotatable bonds is 5. The maximum atomic E-state index is 12.8. The molecular weight excluding hydrogens is 348 g/mol. The highest BCUT2D eigenvalue weighted by Gasteiger charge is 2.37. The van der Waals surface area contributed by atoms with E-state index in [0.717, 1.165) is 12.1 Å². The number of benzene rings is 1. The van der Waals surface area contributed by atoms with E-state index in [1.807, 2.05) is 6.92 Å². The average molecular weight is 367 g/mol. The summed E-state index contributed by atoms with van der Waals surface area (Å²) in [6, 6.07) is 1.50. The first-order valence-corrected chi connectivity index (χ1v) is 7.70. The molecule has 0 spiro atoms. The van der Waals surface area contributed by atoms with Crippen LogP contribution in [0.25, 0.3) is 0 Å². The van der Waals surface area contributed by atoms with E-state index in [0.29, 0.717) is 18.7 Å². The third-order valence-corrected chi connectivity index (χ3v) is 4.22. The maximum absolute atomic E-state index is 12.8. The quantitative estimate of drug-likeness (QED) is 0.604.